The molecule has 0 bridgehead atoms. The van der Waals surface area contributed by atoms with E-state index in [1.165, 1.54) is 22.5 Å². The zero-order chi connectivity index (χ0) is 15.1. The average Bonchev–Trinajstić information content (AvgIpc) is 2.35. The molecule has 0 spiro atoms. The maximum absolute atomic E-state index is 12.7. The van der Waals surface area contributed by atoms with Crippen LogP contribution in [0.2, 0.25) is 5.02 Å². The van der Waals surface area contributed by atoms with Gasteiger partial charge in [0.1, 0.15) is 0 Å². The summed E-state index contributed by atoms with van der Waals surface area (Å²) in [6, 6.07) is 4.44. The highest BCUT2D eigenvalue weighted by Crippen LogP contribution is 2.28. The van der Waals surface area contributed by atoms with Crippen molar-refractivity contribution < 1.29 is 8.42 Å². The van der Waals surface area contributed by atoms with E-state index in [1.807, 2.05) is 20.9 Å². The van der Waals surface area contributed by atoms with Gasteiger partial charge >= 0.3 is 0 Å². The van der Waals surface area contributed by atoms with Gasteiger partial charge in [0.25, 0.3) is 0 Å². The van der Waals surface area contributed by atoms with E-state index in [0.29, 0.717) is 25.3 Å². The van der Waals surface area contributed by atoms with Crippen LogP contribution in [-0.2, 0) is 10.0 Å². The standard InChI is InChI=1S/C13H20ClN3O2S/c1-13(2)9-17(7-6-16(13)3)20(18,19)10-4-5-12(15)11(14)8-10/h4-5,8H,6-7,9,15H2,1-3H3. The normalized spacial score (nSPS) is 21.0. The lowest BCUT2D eigenvalue weighted by Gasteiger charge is -2.44. The van der Waals surface area contributed by atoms with E-state index in [4.69, 9.17) is 17.3 Å². The fourth-order valence-electron chi connectivity index (χ4n) is 2.22. The molecule has 1 fully saturated rings. The SMILES string of the molecule is CN1CCN(S(=O)(=O)c2ccc(N)c(Cl)c2)CC1(C)C. The topological polar surface area (TPSA) is 66.6 Å². The lowest BCUT2D eigenvalue weighted by molar-refractivity contribution is 0.0801. The van der Waals surface area contributed by atoms with Gasteiger partial charge in [0, 0.05) is 25.2 Å². The van der Waals surface area contributed by atoms with Crippen LogP contribution < -0.4 is 5.73 Å². The number of rotatable bonds is 2. The van der Waals surface area contributed by atoms with Crippen LogP contribution in [0.3, 0.4) is 0 Å². The molecule has 0 amide bonds. The zero-order valence-electron chi connectivity index (χ0n) is 11.9. The first-order chi connectivity index (χ1) is 9.14. The monoisotopic (exact) mass is 317 g/mol. The van der Waals surface area contributed by atoms with Crippen molar-refractivity contribution in [2.75, 3.05) is 32.4 Å². The highest BCUT2D eigenvalue weighted by atomic mass is 35.5. The molecule has 1 aliphatic heterocycles. The van der Waals surface area contributed by atoms with Gasteiger partial charge < -0.3 is 5.73 Å². The van der Waals surface area contributed by atoms with Crippen LogP contribution in [-0.4, -0.2) is 49.8 Å². The molecule has 5 nitrogen and oxygen atoms in total. The molecule has 0 aliphatic carbocycles. The summed E-state index contributed by atoms with van der Waals surface area (Å²) in [5, 5.41) is 0.263. The lowest BCUT2D eigenvalue weighted by atomic mass is 10.0. The third-order valence-electron chi connectivity index (χ3n) is 3.89. The van der Waals surface area contributed by atoms with E-state index < -0.39 is 10.0 Å². The lowest BCUT2D eigenvalue weighted by Crippen LogP contribution is -2.58. The number of benzene rings is 1. The van der Waals surface area contributed by atoms with Crippen molar-refractivity contribution in [3.8, 4) is 0 Å². The van der Waals surface area contributed by atoms with Gasteiger partial charge in [-0.05, 0) is 39.1 Å². The van der Waals surface area contributed by atoms with Crippen LogP contribution in [0, 0.1) is 0 Å². The summed E-state index contributed by atoms with van der Waals surface area (Å²) in [5.74, 6) is 0. The van der Waals surface area contributed by atoms with Crippen molar-refractivity contribution in [2.24, 2.45) is 0 Å². The number of hydrogen-bond acceptors (Lipinski definition) is 4. The Kier molecular flexibility index (Phi) is 4.03. The minimum atomic E-state index is -3.53. The molecule has 0 unspecified atom stereocenters. The minimum Gasteiger partial charge on any atom is -0.398 e. The number of nitrogens with zero attached hydrogens (tertiary/aromatic N) is 2. The number of sulfonamides is 1. The Morgan fingerprint density at radius 2 is 1.95 bits per heavy atom. The second kappa shape index (κ2) is 5.18. The van der Waals surface area contributed by atoms with Gasteiger partial charge in [0.2, 0.25) is 10.0 Å². The van der Waals surface area contributed by atoms with Gasteiger partial charge in [-0.25, -0.2) is 8.42 Å². The van der Waals surface area contributed by atoms with Crippen molar-refractivity contribution in [3.63, 3.8) is 0 Å². The third-order valence-corrected chi connectivity index (χ3v) is 6.06. The van der Waals surface area contributed by atoms with Crippen molar-refractivity contribution >= 4 is 27.3 Å². The van der Waals surface area contributed by atoms with E-state index in [1.54, 1.807) is 0 Å². The quantitative estimate of drug-likeness (QED) is 0.842. The molecule has 1 aliphatic rings. The number of hydrogen-bond donors (Lipinski definition) is 1. The summed E-state index contributed by atoms with van der Waals surface area (Å²) in [6.07, 6.45) is 0. The number of piperazine rings is 1. The van der Waals surface area contributed by atoms with Crippen LogP contribution in [0.5, 0.6) is 0 Å². The molecule has 1 aromatic rings. The molecule has 7 heteroatoms. The number of anilines is 1. The summed E-state index contributed by atoms with van der Waals surface area (Å²) in [6.45, 7) is 5.70. The third kappa shape index (κ3) is 2.79. The molecule has 0 atom stereocenters. The van der Waals surface area contributed by atoms with E-state index in [2.05, 4.69) is 4.90 Å². The molecular formula is C13H20ClN3O2S. The van der Waals surface area contributed by atoms with Crippen molar-refractivity contribution in [1.82, 2.24) is 9.21 Å². The molecule has 1 saturated heterocycles. The Hall–Kier alpha value is -0.820. The van der Waals surface area contributed by atoms with E-state index in [-0.39, 0.29) is 15.5 Å². The molecule has 1 aromatic carbocycles. The highest BCUT2D eigenvalue weighted by Gasteiger charge is 2.37. The Morgan fingerprint density at radius 3 is 2.50 bits per heavy atom. The summed E-state index contributed by atoms with van der Waals surface area (Å²) in [7, 11) is -1.53. The van der Waals surface area contributed by atoms with Crippen molar-refractivity contribution in [3.05, 3.63) is 23.2 Å². The molecule has 112 valence electrons. The van der Waals surface area contributed by atoms with Crippen LogP contribution >= 0.6 is 11.6 Å². The van der Waals surface area contributed by atoms with Crippen LogP contribution in [0.4, 0.5) is 5.69 Å². The Morgan fingerprint density at radius 1 is 1.30 bits per heavy atom. The first kappa shape index (κ1) is 15.6. The van der Waals surface area contributed by atoms with Crippen LogP contribution in [0.1, 0.15) is 13.8 Å². The van der Waals surface area contributed by atoms with Crippen molar-refractivity contribution in [1.29, 1.82) is 0 Å². The fourth-order valence-corrected chi connectivity index (χ4v) is 4.08. The minimum absolute atomic E-state index is 0.192. The van der Waals surface area contributed by atoms with Gasteiger partial charge in [0.15, 0.2) is 0 Å². The predicted molar refractivity (Wildman–Crippen MR) is 81.3 cm³/mol. The van der Waals surface area contributed by atoms with E-state index >= 15 is 0 Å². The van der Waals surface area contributed by atoms with Gasteiger partial charge in [-0.2, -0.15) is 4.31 Å². The number of nitrogens with two attached hydrogens (primary N) is 1. The molecule has 1 heterocycles. The van der Waals surface area contributed by atoms with E-state index in [9.17, 15) is 8.42 Å². The number of halogens is 1. The van der Waals surface area contributed by atoms with Crippen molar-refractivity contribution in [2.45, 2.75) is 24.3 Å². The van der Waals surface area contributed by atoms with Gasteiger partial charge in [0.05, 0.1) is 15.6 Å². The van der Waals surface area contributed by atoms with Gasteiger partial charge in [-0.15, -0.1) is 0 Å². The largest absolute Gasteiger partial charge is 0.398 e. The Balaban J connectivity index is 2.33. The molecule has 20 heavy (non-hydrogen) atoms. The summed E-state index contributed by atoms with van der Waals surface area (Å²) >= 11 is 5.92. The fraction of sp³-hybridized carbons (Fsp3) is 0.538. The molecule has 0 aromatic heterocycles. The Labute approximate surface area is 125 Å². The maximum Gasteiger partial charge on any atom is 0.243 e. The van der Waals surface area contributed by atoms with Gasteiger partial charge in [-0.1, -0.05) is 11.6 Å². The first-order valence-corrected chi connectivity index (χ1v) is 8.23. The highest BCUT2D eigenvalue weighted by molar-refractivity contribution is 7.89. The smallest absolute Gasteiger partial charge is 0.243 e. The molecule has 0 saturated carbocycles. The van der Waals surface area contributed by atoms with Crippen LogP contribution in [0.15, 0.2) is 23.1 Å². The maximum atomic E-state index is 12.7. The number of likely N-dealkylation sites (N-methyl/N-ethyl adjacent to an activating group) is 1. The Bertz CT molecular complexity index is 616. The molecule has 2 rings (SSSR count). The zero-order valence-corrected chi connectivity index (χ0v) is 13.5. The second-order valence-electron chi connectivity index (χ2n) is 5.76. The number of nitrogen functional groups attached to an aromatic ring is 1. The summed E-state index contributed by atoms with van der Waals surface area (Å²) in [5.41, 5.74) is 5.81. The predicted octanol–water partition coefficient (Wildman–Crippen LogP) is 1.64. The average molecular weight is 318 g/mol. The molecular weight excluding hydrogens is 298 g/mol. The van der Waals surface area contributed by atoms with E-state index in [0.717, 1.165) is 0 Å². The van der Waals surface area contributed by atoms with Crippen LogP contribution in [0.25, 0.3) is 0 Å². The van der Waals surface area contributed by atoms with Gasteiger partial charge in [-0.3, -0.25) is 4.90 Å². The molecule has 0 radical (unpaired) electrons. The summed E-state index contributed by atoms with van der Waals surface area (Å²) in [4.78, 5) is 2.35. The second-order valence-corrected chi connectivity index (χ2v) is 8.10. The summed E-state index contributed by atoms with van der Waals surface area (Å²) < 4.78 is 26.8. The first-order valence-electron chi connectivity index (χ1n) is 6.41. The molecule has 2 N–H and O–H groups in total.